The van der Waals surface area contributed by atoms with Gasteiger partial charge in [-0.15, -0.1) is 0 Å². The first-order valence-electron chi connectivity index (χ1n) is 3.70. The number of imide groups is 1. The van der Waals surface area contributed by atoms with Crippen LogP contribution in [0.3, 0.4) is 0 Å². The molecule has 0 spiro atoms. The van der Waals surface area contributed by atoms with Gasteiger partial charge in [-0.1, -0.05) is 0 Å². The lowest BCUT2D eigenvalue weighted by Crippen LogP contribution is -2.24. The van der Waals surface area contributed by atoms with Gasteiger partial charge < -0.3 is 4.90 Å². The molecular formula is C8H12N2O2. The number of hydrogen-bond donors (Lipinski definition) is 0. The lowest BCUT2D eigenvalue weighted by atomic mass is 10.2. The summed E-state index contributed by atoms with van der Waals surface area (Å²) < 4.78 is 0. The SMILES string of the molecule is CN(C)/C=C1/CC(=O)N(C)C1=O. The van der Waals surface area contributed by atoms with Crippen molar-refractivity contribution in [2.24, 2.45) is 0 Å². The standard InChI is InChI=1S/C8H12N2O2/c1-9(2)5-6-4-7(11)10(3)8(6)12/h5H,4H2,1-3H3/b6-5-. The predicted molar refractivity (Wildman–Crippen MR) is 44.2 cm³/mol. The summed E-state index contributed by atoms with van der Waals surface area (Å²) in [5.74, 6) is -0.318. The molecule has 2 amide bonds. The van der Waals surface area contributed by atoms with Gasteiger partial charge in [-0.25, -0.2) is 0 Å². The van der Waals surface area contributed by atoms with Crippen LogP contribution in [-0.4, -0.2) is 42.8 Å². The van der Waals surface area contributed by atoms with Crippen molar-refractivity contribution >= 4 is 11.8 Å². The van der Waals surface area contributed by atoms with Crippen LogP contribution in [-0.2, 0) is 9.59 Å². The van der Waals surface area contributed by atoms with E-state index in [1.54, 1.807) is 11.1 Å². The first-order valence-corrected chi connectivity index (χ1v) is 3.70. The Morgan fingerprint density at radius 2 is 2.00 bits per heavy atom. The molecule has 12 heavy (non-hydrogen) atoms. The van der Waals surface area contributed by atoms with Gasteiger partial charge in [-0.05, 0) is 0 Å². The van der Waals surface area contributed by atoms with E-state index in [4.69, 9.17) is 0 Å². The van der Waals surface area contributed by atoms with Crippen LogP contribution in [0.15, 0.2) is 11.8 Å². The highest BCUT2D eigenvalue weighted by Gasteiger charge is 2.30. The van der Waals surface area contributed by atoms with Crippen LogP contribution in [0.4, 0.5) is 0 Å². The molecule has 0 aromatic rings. The second kappa shape index (κ2) is 2.97. The first-order chi connectivity index (χ1) is 5.52. The summed E-state index contributed by atoms with van der Waals surface area (Å²) in [5, 5.41) is 0. The van der Waals surface area contributed by atoms with Crippen molar-refractivity contribution in [3.63, 3.8) is 0 Å². The summed E-state index contributed by atoms with van der Waals surface area (Å²) in [6.45, 7) is 0. The van der Waals surface area contributed by atoms with Gasteiger partial charge in [-0.2, -0.15) is 0 Å². The average Bonchev–Trinajstić information content (AvgIpc) is 2.17. The van der Waals surface area contributed by atoms with Crippen molar-refractivity contribution in [2.45, 2.75) is 6.42 Å². The quantitative estimate of drug-likeness (QED) is 0.403. The zero-order valence-corrected chi connectivity index (χ0v) is 7.50. The third-order valence-corrected chi connectivity index (χ3v) is 1.71. The fourth-order valence-electron chi connectivity index (χ4n) is 1.10. The number of hydrogen-bond acceptors (Lipinski definition) is 3. The third kappa shape index (κ3) is 1.47. The average molecular weight is 168 g/mol. The Morgan fingerprint density at radius 3 is 2.33 bits per heavy atom. The van der Waals surface area contributed by atoms with E-state index in [0.29, 0.717) is 5.57 Å². The van der Waals surface area contributed by atoms with Gasteiger partial charge in [-0.3, -0.25) is 14.5 Å². The Labute approximate surface area is 71.4 Å². The van der Waals surface area contributed by atoms with E-state index in [0.717, 1.165) is 4.90 Å². The van der Waals surface area contributed by atoms with Crippen LogP contribution in [0.5, 0.6) is 0 Å². The van der Waals surface area contributed by atoms with E-state index < -0.39 is 0 Å². The van der Waals surface area contributed by atoms with Crippen LogP contribution in [0.1, 0.15) is 6.42 Å². The van der Waals surface area contributed by atoms with Crippen molar-refractivity contribution in [1.29, 1.82) is 0 Å². The molecule has 0 atom stereocenters. The molecule has 1 aliphatic heterocycles. The topological polar surface area (TPSA) is 40.6 Å². The Bertz CT molecular complexity index is 256. The number of rotatable bonds is 1. The molecule has 4 nitrogen and oxygen atoms in total. The Hall–Kier alpha value is -1.32. The van der Waals surface area contributed by atoms with Crippen LogP contribution in [0, 0.1) is 0 Å². The molecule has 0 aromatic carbocycles. The lowest BCUT2D eigenvalue weighted by Gasteiger charge is -2.06. The summed E-state index contributed by atoms with van der Waals surface area (Å²) >= 11 is 0. The molecule has 4 heteroatoms. The number of likely N-dealkylation sites (N-methyl/N-ethyl adjacent to an activating group) is 1. The highest BCUT2D eigenvalue weighted by Crippen LogP contribution is 2.16. The second-order valence-electron chi connectivity index (χ2n) is 3.05. The summed E-state index contributed by atoms with van der Waals surface area (Å²) in [5.41, 5.74) is 0.563. The first kappa shape index (κ1) is 8.77. The fourth-order valence-corrected chi connectivity index (χ4v) is 1.10. The van der Waals surface area contributed by atoms with Gasteiger partial charge in [0.15, 0.2) is 0 Å². The molecule has 0 unspecified atom stereocenters. The minimum Gasteiger partial charge on any atom is -0.383 e. The molecule has 66 valence electrons. The van der Waals surface area contributed by atoms with E-state index in [9.17, 15) is 9.59 Å². The molecule has 0 bridgehead atoms. The Balaban J connectivity index is 2.85. The van der Waals surface area contributed by atoms with Crippen molar-refractivity contribution < 1.29 is 9.59 Å². The van der Waals surface area contributed by atoms with Crippen molar-refractivity contribution in [1.82, 2.24) is 9.80 Å². The lowest BCUT2D eigenvalue weighted by molar-refractivity contribution is -0.135. The zero-order valence-electron chi connectivity index (χ0n) is 7.50. The largest absolute Gasteiger partial charge is 0.383 e. The monoisotopic (exact) mass is 168 g/mol. The number of likely N-dealkylation sites (tertiary alicyclic amines) is 1. The maximum Gasteiger partial charge on any atom is 0.258 e. The molecule has 1 heterocycles. The van der Waals surface area contributed by atoms with E-state index in [1.807, 2.05) is 14.1 Å². The van der Waals surface area contributed by atoms with Crippen LogP contribution in [0.2, 0.25) is 0 Å². The van der Waals surface area contributed by atoms with Gasteiger partial charge in [0.1, 0.15) is 0 Å². The molecule has 1 aliphatic rings. The van der Waals surface area contributed by atoms with Crippen molar-refractivity contribution in [3.05, 3.63) is 11.8 Å². The van der Waals surface area contributed by atoms with E-state index in [-0.39, 0.29) is 18.2 Å². The third-order valence-electron chi connectivity index (χ3n) is 1.71. The molecule has 1 fully saturated rings. The molecular weight excluding hydrogens is 156 g/mol. The number of amides is 2. The molecule has 1 saturated heterocycles. The van der Waals surface area contributed by atoms with E-state index >= 15 is 0 Å². The number of carbonyl (C=O) groups excluding carboxylic acids is 2. The Morgan fingerprint density at radius 1 is 1.42 bits per heavy atom. The highest BCUT2D eigenvalue weighted by molar-refractivity contribution is 6.12. The van der Waals surface area contributed by atoms with Crippen LogP contribution < -0.4 is 0 Å². The minimum absolute atomic E-state index is 0.131. The number of carbonyl (C=O) groups is 2. The van der Waals surface area contributed by atoms with Gasteiger partial charge in [0.05, 0.1) is 6.42 Å². The van der Waals surface area contributed by atoms with Gasteiger partial charge in [0.2, 0.25) is 5.91 Å². The molecule has 0 saturated carbocycles. The smallest absolute Gasteiger partial charge is 0.258 e. The summed E-state index contributed by atoms with van der Waals surface area (Å²) in [4.78, 5) is 25.2. The van der Waals surface area contributed by atoms with Gasteiger partial charge >= 0.3 is 0 Å². The molecule has 1 rings (SSSR count). The Kier molecular flexibility index (Phi) is 2.17. The zero-order chi connectivity index (χ0) is 9.30. The van der Waals surface area contributed by atoms with Crippen molar-refractivity contribution in [3.8, 4) is 0 Å². The van der Waals surface area contributed by atoms with E-state index in [2.05, 4.69) is 0 Å². The molecule has 0 radical (unpaired) electrons. The van der Waals surface area contributed by atoms with Gasteiger partial charge in [0.25, 0.3) is 5.91 Å². The van der Waals surface area contributed by atoms with Crippen LogP contribution >= 0.6 is 0 Å². The summed E-state index contributed by atoms with van der Waals surface area (Å²) in [6.07, 6.45) is 1.91. The summed E-state index contributed by atoms with van der Waals surface area (Å²) in [6, 6.07) is 0. The molecule has 0 aliphatic carbocycles. The summed E-state index contributed by atoms with van der Waals surface area (Å²) in [7, 11) is 5.15. The van der Waals surface area contributed by atoms with Crippen LogP contribution in [0.25, 0.3) is 0 Å². The number of nitrogens with zero attached hydrogens (tertiary/aromatic N) is 2. The van der Waals surface area contributed by atoms with E-state index in [1.165, 1.54) is 7.05 Å². The highest BCUT2D eigenvalue weighted by atomic mass is 16.2. The maximum atomic E-state index is 11.3. The van der Waals surface area contributed by atoms with Crippen molar-refractivity contribution in [2.75, 3.05) is 21.1 Å². The second-order valence-corrected chi connectivity index (χ2v) is 3.05. The fraction of sp³-hybridized carbons (Fsp3) is 0.500. The predicted octanol–water partition coefficient (Wildman–Crippen LogP) is -0.179. The maximum absolute atomic E-state index is 11.3. The molecule has 0 aromatic heterocycles. The minimum atomic E-state index is -0.186. The molecule has 0 N–H and O–H groups in total. The normalized spacial score (nSPS) is 20.9. The van der Waals surface area contributed by atoms with Gasteiger partial charge in [0, 0.05) is 32.9 Å².